The molecule has 0 fully saturated rings. The van der Waals surface area contributed by atoms with Gasteiger partial charge in [-0.2, -0.15) is 0 Å². The molecule has 0 atom stereocenters. The molecule has 88 valence electrons. The number of carbonyl (C=O) groups excluding carboxylic acids is 1. The van der Waals surface area contributed by atoms with Gasteiger partial charge in [0.05, 0.1) is 0 Å². The van der Waals surface area contributed by atoms with Crippen molar-refractivity contribution in [2.75, 3.05) is 11.4 Å². The van der Waals surface area contributed by atoms with Crippen molar-refractivity contribution in [3.05, 3.63) is 28.3 Å². The fraction of sp³-hybridized carbons (Fsp3) is 0.462. The van der Waals surface area contributed by atoms with E-state index in [0.29, 0.717) is 6.54 Å². The van der Waals surface area contributed by atoms with Crippen LogP contribution in [-0.2, 0) is 0 Å². The third-order valence-corrected chi connectivity index (χ3v) is 3.13. The number of benzene rings is 1. The number of carboxylic acid groups (broad SMARTS) is 1. The predicted octanol–water partition coefficient (Wildman–Crippen LogP) is 2.09. The normalized spacial score (nSPS) is 10.3. The molecule has 1 aromatic carbocycles. The van der Waals surface area contributed by atoms with Gasteiger partial charge in [0.15, 0.2) is 0 Å². The van der Waals surface area contributed by atoms with E-state index in [1.54, 1.807) is 0 Å². The first-order valence-corrected chi connectivity index (χ1v) is 5.46. The fourth-order valence-electron chi connectivity index (χ4n) is 1.98. The average molecular weight is 220 g/mol. The second kappa shape index (κ2) is 4.56. The molecule has 1 amide bonds. The predicted molar refractivity (Wildman–Crippen MR) is 63.8 cm³/mol. The number of nitrogens with zero attached hydrogens (tertiary/aromatic N) is 1. The summed E-state index contributed by atoms with van der Waals surface area (Å²) in [4.78, 5) is 12.4. The van der Waals surface area contributed by atoms with Gasteiger partial charge in [-0.15, -0.1) is 0 Å². The highest BCUT2D eigenvalue weighted by Crippen LogP contribution is 2.29. The van der Waals surface area contributed by atoms with Gasteiger partial charge in [0.2, 0.25) is 0 Å². The van der Waals surface area contributed by atoms with Gasteiger partial charge in [0.1, 0.15) is 6.09 Å². The summed E-state index contributed by atoms with van der Waals surface area (Å²) in [6.45, 7) is 10.1. The van der Waals surface area contributed by atoms with Crippen LogP contribution in [0, 0.1) is 27.7 Å². The molecule has 1 rings (SSSR count). The topological polar surface area (TPSA) is 43.4 Å². The zero-order chi connectivity index (χ0) is 12.5. The van der Waals surface area contributed by atoms with Crippen LogP contribution in [0.1, 0.15) is 29.2 Å². The van der Waals surface area contributed by atoms with Gasteiger partial charge in [-0.3, -0.25) is 0 Å². The number of hydrogen-bond donors (Lipinski definition) is 0. The molecule has 0 saturated carbocycles. The highest BCUT2D eigenvalue weighted by Gasteiger charge is 2.14. The number of carbonyl (C=O) groups is 1. The summed E-state index contributed by atoms with van der Waals surface area (Å²) < 4.78 is 0. The maximum Gasteiger partial charge on any atom is 0.141 e. The first-order valence-electron chi connectivity index (χ1n) is 5.46. The first-order chi connectivity index (χ1) is 7.40. The summed E-state index contributed by atoms with van der Waals surface area (Å²) in [5.41, 5.74) is 5.01. The number of rotatable bonds is 2. The van der Waals surface area contributed by atoms with Crippen molar-refractivity contribution in [3.63, 3.8) is 0 Å². The van der Waals surface area contributed by atoms with Gasteiger partial charge in [-0.25, -0.2) is 0 Å². The van der Waals surface area contributed by atoms with Crippen molar-refractivity contribution in [3.8, 4) is 0 Å². The van der Waals surface area contributed by atoms with Crippen molar-refractivity contribution in [2.24, 2.45) is 0 Å². The van der Waals surface area contributed by atoms with Gasteiger partial charge < -0.3 is 14.8 Å². The Labute approximate surface area is 96.7 Å². The molecular formula is C13H18NO2-. The van der Waals surface area contributed by atoms with E-state index in [9.17, 15) is 9.90 Å². The lowest BCUT2D eigenvalue weighted by molar-refractivity contribution is -0.246. The fourth-order valence-corrected chi connectivity index (χ4v) is 1.98. The summed E-state index contributed by atoms with van der Waals surface area (Å²) >= 11 is 0. The molecule has 1 aromatic rings. The van der Waals surface area contributed by atoms with Crippen LogP contribution in [0.5, 0.6) is 0 Å². The van der Waals surface area contributed by atoms with Gasteiger partial charge in [-0.05, 0) is 56.9 Å². The molecule has 0 aliphatic rings. The summed E-state index contributed by atoms with van der Waals surface area (Å²) in [7, 11) is 0. The van der Waals surface area contributed by atoms with Crippen LogP contribution in [0.25, 0.3) is 0 Å². The zero-order valence-corrected chi connectivity index (χ0v) is 10.5. The quantitative estimate of drug-likeness (QED) is 0.766. The Bertz CT molecular complexity index is 398. The molecule has 0 N–H and O–H groups in total. The minimum atomic E-state index is -1.14. The van der Waals surface area contributed by atoms with Gasteiger partial charge >= 0.3 is 0 Å². The van der Waals surface area contributed by atoms with E-state index in [0.717, 1.165) is 27.9 Å². The van der Waals surface area contributed by atoms with Crippen LogP contribution >= 0.6 is 0 Å². The average Bonchev–Trinajstić information content (AvgIpc) is 2.21. The molecule has 16 heavy (non-hydrogen) atoms. The molecule has 3 nitrogen and oxygen atoms in total. The maximum absolute atomic E-state index is 11.1. The minimum absolute atomic E-state index is 0.410. The van der Waals surface area contributed by atoms with Crippen molar-refractivity contribution < 1.29 is 9.90 Å². The van der Waals surface area contributed by atoms with Crippen LogP contribution in [0.2, 0.25) is 0 Å². The smallest absolute Gasteiger partial charge is 0.141 e. The van der Waals surface area contributed by atoms with Gasteiger partial charge in [0, 0.05) is 12.2 Å². The van der Waals surface area contributed by atoms with Crippen LogP contribution in [0.4, 0.5) is 10.5 Å². The van der Waals surface area contributed by atoms with E-state index in [1.807, 2.05) is 34.6 Å². The Hall–Kier alpha value is -1.51. The molecule has 3 heteroatoms. The zero-order valence-electron chi connectivity index (χ0n) is 10.5. The molecule has 0 radical (unpaired) electrons. The lowest BCUT2D eigenvalue weighted by atomic mass is 9.98. The third kappa shape index (κ3) is 2.03. The highest BCUT2D eigenvalue weighted by atomic mass is 16.4. The molecular weight excluding hydrogens is 202 g/mol. The molecule has 0 spiro atoms. The number of anilines is 1. The second-order valence-corrected chi connectivity index (χ2v) is 4.12. The molecule has 0 bridgehead atoms. The molecule has 0 aromatic heterocycles. The Balaban J connectivity index is 3.47. The summed E-state index contributed by atoms with van der Waals surface area (Å²) in [6, 6.07) is 2.08. The molecule has 0 aliphatic heterocycles. The van der Waals surface area contributed by atoms with E-state index in [2.05, 4.69) is 6.07 Å². The molecule has 0 aliphatic carbocycles. The Morgan fingerprint density at radius 3 is 1.94 bits per heavy atom. The number of hydrogen-bond acceptors (Lipinski definition) is 2. The van der Waals surface area contributed by atoms with Crippen molar-refractivity contribution in [2.45, 2.75) is 34.6 Å². The summed E-state index contributed by atoms with van der Waals surface area (Å²) in [6.07, 6.45) is -1.14. The summed E-state index contributed by atoms with van der Waals surface area (Å²) in [5.74, 6) is 0. The number of amides is 1. The van der Waals surface area contributed by atoms with Gasteiger partial charge in [0.25, 0.3) is 0 Å². The Morgan fingerprint density at radius 1 is 1.19 bits per heavy atom. The minimum Gasteiger partial charge on any atom is -0.530 e. The monoisotopic (exact) mass is 220 g/mol. The van der Waals surface area contributed by atoms with Crippen molar-refractivity contribution in [1.29, 1.82) is 0 Å². The SMILES string of the molecule is CCN(C(=O)[O-])c1c(C)c(C)cc(C)c1C. The Morgan fingerprint density at radius 2 is 1.62 bits per heavy atom. The lowest BCUT2D eigenvalue weighted by Crippen LogP contribution is -2.42. The molecule has 0 saturated heterocycles. The second-order valence-electron chi connectivity index (χ2n) is 4.12. The summed E-state index contributed by atoms with van der Waals surface area (Å²) in [5, 5.41) is 11.1. The van der Waals surface area contributed by atoms with E-state index >= 15 is 0 Å². The number of aryl methyl sites for hydroxylation is 2. The molecule has 0 heterocycles. The van der Waals surface area contributed by atoms with Gasteiger partial charge in [-0.1, -0.05) is 6.07 Å². The molecule has 0 unspecified atom stereocenters. The largest absolute Gasteiger partial charge is 0.530 e. The van der Waals surface area contributed by atoms with Crippen LogP contribution in [0.3, 0.4) is 0 Å². The van der Waals surface area contributed by atoms with E-state index < -0.39 is 6.09 Å². The first kappa shape index (κ1) is 12.6. The van der Waals surface area contributed by atoms with Crippen molar-refractivity contribution >= 4 is 11.8 Å². The van der Waals surface area contributed by atoms with Crippen LogP contribution in [-0.4, -0.2) is 12.6 Å². The highest BCUT2D eigenvalue weighted by molar-refractivity contribution is 5.87. The van der Waals surface area contributed by atoms with E-state index in [4.69, 9.17) is 0 Å². The lowest BCUT2D eigenvalue weighted by Gasteiger charge is -2.28. The van der Waals surface area contributed by atoms with E-state index in [-0.39, 0.29) is 0 Å². The van der Waals surface area contributed by atoms with Crippen LogP contribution < -0.4 is 10.0 Å². The Kier molecular flexibility index (Phi) is 3.58. The third-order valence-electron chi connectivity index (χ3n) is 3.13. The van der Waals surface area contributed by atoms with Crippen molar-refractivity contribution in [1.82, 2.24) is 0 Å². The maximum atomic E-state index is 11.1. The van der Waals surface area contributed by atoms with Crippen LogP contribution in [0.15, 0.2) is 6.07 Å². The van der Waals surface area contributed by atoms with E-state index in [1.165, 1.54) is 4.90 Å². The standard InChI is InChI=1S/C13H19NO2/c1-6-14(13(15)16)12-10(4)8(2)7-9(3)11(12)5/h7H,6H2,1-5H3,(H,15,16)/p-1.